The number of nitrogen functional groups attached to an aromatic ring is 1. The summed E-state index contributed by atoms with van der Waals surface area (Å²) in [5.41, 5.74) is 9.71. The summed E-state index contributed by atoms with van der Waals surface area (Å²) in [4.78, 5) is 16.0. The number of halogens is 1. The van der Waals surface area contributed by atoms with Crippen LogP contribution in [0.2, 0.25) is 0 Å². The molecular formula is C20H14BrN3O2. The smallest absolute Gasteiger partial charge is 0.337 e. The van der Waals surface area contributed by atoms with Crippen molar-refractivity contribution in [3.8, 4) is 28.5 Å². The number of ether oxygens (including phenoxy) is 1. The SMILES string of the molecule is COC(=O)c1ccc(-c2cc(-c3ccccc3Br)nc(N)c2C#N)cc1. The normalized spacial score (nSPS) is 10.2. The van der Waals surface area contributed by atoms with Gasteiger partial charge < -0.3 is 10.5 Å². The molecule has 0 amide bonds. The van der Waals surface area contributed by atoms with Gasteiger partial charge in [0.2, 0.25) is 0 Å². The van der Waals surface area contributed by atoms with Gasteiger partial charge in [0.25, 0.3) is 0 Å². The molecule has 0 unspecified atom stereocenters. The first-order valence-electron chi connectivity index (χ1n) is 7.69. The minimum absolute atomic E-state index is 0.160. The number of carbonyl (C=O) groups is 1. The van der Waals surface area contributed by atoms with Gasteiger partial charge in [-0.05, 0) is 29.8 Å². The number of carbonyl (C=O) groups excluding carboxylic acids is 1. The van der Waals surface area contributed by atoms with Gasteiger partial charge in [0.1, 0.15) is 17.5 Å². The summed E-state index contributed by atoms with van der Waals surface area (Å²) in [7, 11) is 1.33. The molecule has 5 nitrogen and oxygen atoms in total. The van der Waals surface area contributed by atoms with E-state index in [1.54, 1.807) is 24.3 Å². The third-order valence-electron chi connectivity index (χ3n) is 3.93. The van der Waals surface area contributed by atoms with Crippen molar-refractivity contribution >= 4 is 27.7 Å². The van der Waals surface area contributed by atoms with Crippen LogP contribution in [0.15, 0.2) is 59.1 Å². The monoisotopic (exact) mass is 407 g/mol. The van der Waals surface area contributed by atoms with Crippen molar-refractivity contribution in [1.29, 1.82) is 5.26 Å². The average Bonchev–Trinajstić information content (AvgIpc) is 2.67. The molecule has 0 bridgehead atoms. The minimum Gasteiger partial charge on any atom is -0.465 e. The number of benzene rings is 2. The Labute approximate surface area is 159 Å². The summed E-state index contributed by atoms with van der Waals surface area (Å²) in [5, 5.41) is 9.50. The highest BCUT2D eigenvalue weighted by Gasteiger charge is 2.15. The highest BCUT2D eigenvalue weighted by molar-refractivity contribution is 9.10. The number of rotatable bonds is 3. The van der Waals surface area contributed by atoms with Crippen LogP contribution in [0.5, 0.6) is 0 Å². The van der Waals surface area contributed by atoms with E-state index in [0.717, 1.165) is 15.6 Å². The van der Waals surface area contributed by atoms with E-state index in [4.69, 9.17) is 10.5 Å². The van der Waals surface area contributed by atoms with Crippen molar-refractivity contribution in [3.05, 3.63) is 70.2 Å². The molecule has 128 valence electrons. The number of nitrogens with two attached hydrogens (primary N) is 1. The zero-order chi connectivity index (χ0) is 18.7. The fraction of sp³-hybridized carbons (Fsp3) is 0.0500. The number of nitrogens with zero attached hydrogens (tertiary/aromatic N) is 2. The maximum absolute atomic E-state index is 11.6. The molecule has 0 radical (unpaired) electrons. The summed E-state index contributed by atoms with van der Waals surface area (Å²) in [6.45, 7) is 0. The lowest BCUT2D eigenvalue weighted by Crippen LogP contribution is -2.02. The second-order valence-corrected chi connectivity index (χ2v) is 6.33. The van der Waals surface area contributed by atoms with E-state index < -0.39 is 5.97 Å². The number of hydrogen-bond acceptors (Lipinski definition) is 5. The van der Waals surface area contributed by atoms with Gasteiger partial charge in [-0.2, -0.15) is 5.26 Å². The molecule has 0 aliphatic heterocycles. The number of hydrogen-bond donors (Lipinski definition) is 1. The van der Waals surface area contributed by atoms with E-state index in [0.29, 0.717) is 22.4 Å². The van der Waals surface area contributed by atoms with Gasteiger partial charge in [0, 0.05) is 15.6 Å². The third-order valence-corrected chi connectivity index (χ3v) is 4.62. The van der Waals surface area contributed by atoms with Crippen LogP contribution in [0, 0.1) is 11.3 Å². The Balaban J connectivity index is 2.16. The third kappa shape index (κ3) is 3.30. The van der Waals surface area contributed by atoms with Crippen LogP contribution < -0.4 is 5.73 Å². The van der Waals surface area contributed by atoms with E-state index in [1.165, 1.54) is 7.11 Å². The Morgan fingerprint density at radius 3 is 2.46 bits per heavy atom. The van der Waals surface area contributed by atoms with Crippen molar-refractivity contribution in [2.24, 2.45) is 0 Å². The average molecular weight is 408 g/mol. The van der Waals surface area contributed by atoms with Crippen LogP contribution in [-0.2, 0) is 4.74 Å². The van der Waals surface area contributed by atoms with Gasteiger partial charge in [0.05, 0.1) is 18.4 Å². The molecule has 1 heterocycles. The molecule has 0 aliphatic rings. The van der Waals surface area contributed by atoms with Gasteiger partial charge in [-0.3, -0.25) is 0 Å². The van der Waals surface area contributed by atoms with E-state index in [1.807, 2.05) is 30.3 Å². The van der Waals surface area contributed by atoms with Crippen LogP contribution in [0.4, 0.5) is 5.82 Å². The second kappa shape index (κ2) is 7.38. The molecule has 0 saturated heterocycles. The number of aromatic nitrogens is 1. The summed E-state index contributed by atoms with van der Waals surface area (Å²) < 4.78 is 5.59. The first-order chi connectivity index (χ1) is 12.5. The molecule has 6 heteroatoms. The molecule has 3 aromatic rings. The van der Waals surface area contributed by atoms with Gasteiger partial charge in [-0.1, -0.05) is 46.3 Å². The molecule has 0 fully saturated rings. The molecule has 0 aliphatic carbocycles. The van der Waals surface area contributed by atoms with Crippen molar-refractivity contribution in [2.75, 3.05) is 12.8 Å². The summed E-state index contributed by atoms with van der Waals surface area (Å²) in [6.07, 6.45) is 0. The molecule has 0 atom stereocenters. The Morgan fingerprint density at radius 1 is 1.15 bits per heavy atom. The summed E-state index contributed by atoms with van der Waals surface area (Å²) in [6, 6.07) is 18.4. The summed E-state index contributed by atoms with van der Waals surface area (Å²) in [5.74, 6) is -0.256. The number of nitriles is 1. The topological polar surface area (TPSA) is 89.0 Å². The van der Waals surface area contributed by atoms with Crippen LogP contribution >= 0.6 is 15.9 Å². The Morgan fingerprint density at radius 2 is 1.85 bits per heavy atom. The van der Waals surface area contributed by atoms with Gasteiger partial charge in [-0.15, -0.1) is 0 Å². The maximum atomic E-state index is 11.6. The lowest BCUT2D eigenvalue weighted by Gasteiger charge is -2.11. The molecule has 1 aromatic heterocycles. The lowest BCUT2D eigenvalue weighted by molar-refractivity contribution is 0.0601. The van der Waals surface area contributed by atoms with E-state index in [-0.39, 0.29) is 5.82 Å². The minimum atomic E-state index is -0.416. The van der Waals surface area contributed by atoms with E-state index >= 15 is 0 Å². The predicted octanol–water partition coefficient (Wildman–Crippen LogP) is 4.42. The molecule has 0 spiro atoms. The standard InChI is InChI=1S/C20H14BrN3O2/c1-26-20(25)13-8-6-12(7-9-13)15-10-18(24-19(23)16(15)11-22)14-4-2-3-5-17(14)21/h2-10H,1H3,(H2,23,24). The van der Waals surface area contributed by atoms with Gasteiger partial charge in [0.15, 0.2) is 0 Å². The van der Waals surface area contributed by atoms with Gasteiger partial charge >= 0.3 is 5.97 Å². The molecule has 2 N–H and O–H groups in total. The largest absolute Gasteiger partial charge is 0.465 e. The molecule has 0 saturated carbocycles. The Hall–Kier alpha value is -3.17. The molecule has 3 rings (SSSR count). The summed E-state index contributed by atoms with van der Waals surface area (Å²) >= 11 is 3.51. The second-order valence-electron chi connectivity index (χ2n) is 5.48. The molecule has 26 heavy (non-hydrogen) atoms. The highest BCUT2D eigenvalue weighted by atomic mass is 79.9. The number of esters is 1. The van der Waals surface area contributed by atoms with Crippen molar-refractivity contribution in [3.63, 3.8) is 0 Å². The van der Waals surface area contributed by atoms with Crippen LogP contribution in [0.3, 0.4) is 0 Å². The van der Waals surface area contributed by atoms with Crippen LogP contribution in [0.1, 0.15) is 15.9 Å². The highest BCUT2D eigenvalue weighted by Crippen LogP contribution is 2.34. The first-order valence-corrected chi connectivity index (χ1v) is 8.48. The van der Waals surface area contributed by atoms with Gasteiger partial charge in [-0.25, -0.2) is 9.78 Å². The van der Waals surface area contributed by atoms with E-state index in [9.17, 15) is 10.1 Å². The van der Waals surface area contributed by atoms with Crippen LogP contribution in [-0.4, -0.2) is 18.1 Å². The zero-order valence-corrected chi connectivity index (χ0v) is 15.4. The molecular weight excluding hydrogens is 394 g/mol. The fourth-order valence-electron chi connectivity index (χ4n) is 2.62. The first kappa shape index (κ1) is 17.6. The van der Waals surface area contributed by atoms with E-state index in [2.05, 4.69) is 27.0 Å². The Bertz CT molecular complexity index is 1020. The molecule has 2 aromatic carbocycles. The zero-order valence-electron chi connectivity index (χ0n) is 13.9. The number of anilines is 1. The van der Waals surface area contributed by atoms with Crippen molar-refractivity contribution < 1.29 is 9.53 Å². The maximum Gasteiger partial charge on any atom is 0.337 e. The predicted molar refractivity (Wildman–Crippen MR) is 103 cm³/mol. The number of methoxy groups -OCH3 is 1. The quantitative estimate of drug-likeness (QED) is 0.649. The van der Waals surface area contributed by atoms with Crippen LogP contribution in [0.25, 0.3) is 22.4 Å². The fourth-order valence-corrected chi connectivity index (χ4v) is 3.11. The number of pyridine rings is 1. The Kier molecular flexibility index (Phi) is 5.01. The lowest BCUT2D eigenvalue weighted by atomic mass is 9.97. The van der Waals surface area contributed by atoms with Crippen molar-refractivity contribution in [2.45, 2.75) is 0 Å². The van der Waals surface area contributed by atoms with Crippen molar-refractivity contribution in [1.82, 2.24) is 4.98 Å².